The zero-order valence-corrected chi connectivity index (χ0v) is 14.6. The molecule has 0 saturated carbocycles. The van der Waals surface area contributed by atoms with Crippen LogP contribution in [0.4, 0.5) is 4.39 Å². The van der Waals surface area contributed by atoms with Gasteiger partial charge in [0.25, 0.3) is 0 Å². The molecule has 2 aromatic carbocycles. The molecule has 0 aromatic heterocycles. The highest BCUT2D eigenvalue weighted by molar-refractivity contribution is 5.98. The molecule has 0 heterocycles. The van der Waals surface area contributed by atoms with Gasteiger partial charge in [-0.2, -0.15) is 0 Å². The minimum Gasteiger partial charge on any atom is -0.454 e. The summed E-state index contributed by atoms with van der Waals surface area (Å²) in [6.45, 7) is 5.97. The molecule has 0 saturated heterocycles. The predicted molar refractivity (Wildman–Crippen MR) is 95.3 cm³/mol. The van der Waals surface area contributed by atoms with E-state index in [2.05, 4.69) is 6.92 Å². The molecule has 0 amide bonds. The molecule has 0 N–H and O–H groups in total. The van der Waals surface area contributed by atoms with E-state index >= 15 is 0 Å². The highest BCUT2D eigenvalue weighted by Crippen LogP contribution is 2.30. The fourth-order valence-electron chi connectivity index (χ4n) is 2.76. The summed E-state index contributed by atoms with van der Waals surface area (Å²) >= 11 is 0. The summed E-state index contributed by atoms with van der Waals surface area (Å²) in [5.74, 6) is -0.132. The molecule has 24 heavy (non-hydrogen) atoms. The summed E-state index contributed by atoms with van der Waals surface area (Å²) in [5.41, 5.74) is 1.05. The number of aryl methyl sites for hydroxylation is 1. The number of benzene rings is 2. The third-order valence-corrected chi connectivity index (χ3v) is 4.31. The average Bonchev–Trinajstić information content (AvgIpc) is 2.59. The maximum absolute atomic E-state index is 14.8. The van der Waals surface area contributed by atoms with Gasteiger partial charge in [0.15, 0.2) is 17.3 Å². The third-order valence-electron chi connectivity index (χ3n) is 4.31. The van der Waals surface area contributed by atoms with Gasteiger partial charge in [0.05, 0.1) is 5.56 Å². The lowest BCUT2D eigenvalue weighted by Crippen LogP contribution is -2.16. The molecule has 0 spiro atoms. The van der Waals surface area contributed by atoms with Gasteiger partial charge in [-0.3, -0.25) is 4.79 Å². The molecule has 0 unspecified atom stereocenters. The SMILES string of the molecule is CCCC[C@H](CC)C(=O)c1cccc(Oc2ccccc2C)c1F. The number of ketones is 1. The van der Waals surface area contributed by atoms with E-state index in [1.807, 2.05) is 32.0 Å². The Morgan fingerprint density at radius 2 is 1.79 bits per heavy atom. The largest absolute Gasteiger partial charge is 0.454 e. The standard InChI is InChI=1S/C21H25FO2/c1-4-6-11-16(5-2)21(23)17-12-9-14-19(20(17)22)24-18-13-8-7-10-15(18)3/h7-10,12-14,16H,4-6,11H2,1-3H3/t16-/m0/s1. The fraction of sp³-hybridized carbons (Fsp3) is 0.381. The minimum absolute atomic E-state index is 0.0977. The van der Waals surface area contributed by atoms with Crippen molar-refractivity contribution in [3.63, 3.8) is 0 Å². The third kappa shape index (κ3) is 4.22. The first kappa shape index (κ1) is 18.2. The van der Waals surface area contributed by atoms with Crippen LogP contribution >= 0.6 is 0 Å². The highest BCUT2D eigenvalue weighted by Gasteiger charge is 2.23. The van der Waals surface area contributed by atoms with Crippen molar-refractivity contribution in [1.29, 1.82) is 0 Å². The number of hydrogen-bond donors (Lipinski definition) is 0. The van der Waals surface area contributed by atoms with Gasteiger partial charge in [-0.1, -0.05) is 51.0 Å². The average molecular weight is 328 g/mol. The van der Waals surface area contributed by atoms with Crippen LogP contribution in [0.2, 0.25) is 0 Å². The van der Waals surface area contributed by atoms with Crippen LogP contribution in [0.1, 0.15) is 55.5 Å². The Kier molecular flexibility index (Phi) is 6.53. The predicted octanol–water partition coefficient (Wildman–Crippen LogP) is 6.33. The zero-order chi connectivity index (χ0) is 17.5. The number of rotatable bonds is 8. The number of para-hydroxylation sites is 1. The summed E-state index contributed by atoms with van der Waals surface area (Å²) in [5, 5.41) is 0. The van der Waals surface area contributed by atoms with Crippen LogP contribution in [0.3, 0.4) is 0 Å². The summed E-state index contributed by atoms with van der Waals surface area (Å²) in [7, 11) is 0. The van der Waals surface area contributed by atoms with Crippen molar-refractivity contribution in [3.05, 3.63) is 59.4 Å². The van der Waals surface area contributed by atoms with E-state index < -0.39 is 5.82 Å². The molecule has 2 rings (SSSR count). The second-order valence-electron chi connectivity index (χ2n) is 6.10. The molecule has 0 aliphatic heterocycles. The van der Waals surface area contributed by atoms with E-state index in [0.29, 0.717) is 5.75 Å². The van der Waals surface area contributed by atoms with Crippen LogP contribution in [0, 0.1) is 18.7 Å². The lowest BCUT2D eigenvalue weighted by atomic mass is 9.90. The molecular formula is C21H25FO2. The first-order chi connectivity index (χ1) is 11.6. The van der Waals surface area contributed by atoms with Crippen molar-refractivity contribution in [3.8, 4) is 11.5 Å². The zero-order valence-electron chi connectivity index (χ0n) is 14.6. The summed E-state index contributed by atoms with van der Waals surface area (Å²) < 4.78 is 20.5. The Balaban J connectivity index is 2.27. The van der Waals surface area contributed by atoms with Crippen molar-refractivity contribution < 1.29 is 13.9 Å². The van der Waals surface area contributed by atoms with Crippen LogP contribution in [0.25, 0.3) is 0 Å². The second-order valence-corrected chi connectivity index (χ2v) is 6.10. The minimum atomic E-state index is -0.569. The van der Waals surface area contributed by atoms with Crippen molar-refractivity contribution in [2.75, 3.05) is 0 Å². The van der Waals surface area contributed by atoms with E-state index in [1.165, 1.54) is 0 Å². The van der Waals surface area contributed by atoms with Gasteiger partial charge < -0.3 is 4.74 Å². The lowest BCUT2D eigenvalue weighted by molar-refractivity contribution is 0.0903. The van der Waals surface area contributed by atoms with Gasteiger partial charge in [-0.25, -0.2) is 4.39 Å². The maximum Gasteiger partial charge on any atom is 0.176 e. The van der Waals surface area contributed by atoms with Gasteiger partial charge >= 0.3 is 0 Å². The molecule has 0 bridgehead atoms. The normalized spacial score (nSPS) is 12.0. The number of Topliss-reactive ketones (excluding diaryl/α,β-unsaturated/α-hetero) is 1. The molecule has 0 fully saturated rings. The first-order valence-electron chi connectivity index (χ1n) is 8.64. The topological polar surface area (TPSA) is 26.3 Å². The quantitative estimate of drug-likeness (QED) is 0.530. The second kappa shape index (κ2) is 8.62. The molecule has 2 nitrogen and oxygen atoms in total. The van der Waals surface area contributed by atoms with Crippen molar-refractivity contribution in [2.24, 2.45) is 5.92 Å². The summed E-state index contributed by atoms with van der Waals surface area (Å²) in [6.07, 6.45) is 3.53. The lowest BCUT2D eigenvalue weighted by Gasteiger charge is -2.15. The Morgan fingerprint density at radius 3 is 2.46 bits per heavy atom. The number of halogens is 1. The van der Waals surface area contributed by atoms with E-state index in [9.17, 15) is 9.18 Å². The molecule has 3 heteroatoms. The Hall–Kier alpha value is -2.16. The number of carbonyl (C=O) groups excluding carboxylic acids is 1. The van der Waals surface area contributed by atoms with Crippen LogP contribution < -0.4 is 4.74 Å². The van der Waals surface area contributed by atoms with E-state index in [1.54, 1.807) is 24.3 Å². The number of unbranched alkanes of at least 4 members (excludes halogenated alkanes) is 1. The maximum atomic E-state index is 14.8. The Labute approximate surface area is 143 Å². The van der Waals surface area contributed by atoms with Crippen molar-refractivity contribution in [2.45, 2.75) is 46.5 Å². The molecule has 1 atom stereocenters. The van der Waals surface area contributed by atoms with Gasteiger partial charge in [0.2, 0.25) is 0 Å². The number of hydrogen-bond acceptors (Lipinski definition) is 2. The Morgan fingerprint density at radius 1 is 1.08 bits per heavy atom. The molecule has 0 radical (unpaired) electrons. The van der Waals surface area contributed by atoms with Gasteiger partial charge in [-0.05, 0) is 43.5 Å². The van der Waals surface area contributed by atoms with E-state index in [0.717, 1.165) is 31.2 Å². The first-order valence-corrected chi connectivity index (χ1v) is 8.64. The van der Waals surface area contributed by atoms with Crippen LogP contribution in [0.15, 0.2) is 42.5 Å². The van der Waals surface area contributed by atoms with Crippen LogP contribution in [0.5, 0.6) is 11.5 Å². The van der Waals surface area contributed by atoms with Gasteiger partial charge in [0.1, 0.15) is 5.75 Å². The molecule has 0 aliphatic rings. The Bertz CT molecular complexity index is 694. The summed E-state index contributed by atoms with van der Waals surface area (Å²) in [4.78, 5) is 12.7. The fourth-order valence-corrected chi connectivity index (χ4v) is 2.76. The van der Waals surface area contributed by atoms with Crippen LogP contribution in [-0.2, 0) is 0 Å². The van der Waals surface area contributed by atoms with Crippen molar-refractivity contribution >= 4 is 5.78 Å². The molecule has 2 aromatic rings. The van der Waals surface area contributed by atoms with Crippen molar-refractivity contribution in [1.82, 2.24) is 0 Å². The highest BCUT2D eigenvalue weighted by atomic mass is 19.1. The molecule has 128 valence electrons. The van der Waals surface area contributed by atoms with Crippen LogP contribution in [-0.4, -0.2) is 5.78 Å². The van der Waals surface area contributed by atoms with E-state index in [4.69, 9.17) is 4.74 Å². The van der Waals surface area contributed by atoms with Gasteiger partial charge in [-0.15, -0.1) is 0 Å². The molecule has 0 aliphatic carbocycles. The summed E-state index contributed by atoms with van der Waals surface area (Å²) in [6, 6.07) is 12.2. The number of ether oxygens (including phenoxy) is 1. The monoisotopic (exact) mass is 328 g/mol. The van der Waals surface area contributed by atoms with E-state index in [-0.39, 0.29) is 23.0 Å². The number of carbonyl (C=O) groups is 1. The molecular weight excluding hydrogens is 303 g/mol. The smallest absolute Gasteiger partial charge is 0.176 e. The van der Waals surface area contributed by atoms with Gasteiger partial charge in [0, 0.05) is 5.92 Å².